The minimum absolute atomic E-state index is 0.0247. The quantitative estimate of drug-likeness (QED) is 0.621. The highest BCUT2D eigenvalue weighted by atomic mass is 32.2. The summed E-state index contributed by atoms with van der Waals surface area (Å²) in [5, 5.41) is 3.09. The zero-order chi connectivity index (χ0) is 22.5. The van der Waals surface area contributed by atoms with Crippen LogP contribution in [0.1, 0.15) is 36.5 Å². The van der Waals surface area contributed by atoms with E-state index in [-0.39, 0.29) is 18.1 Å². The molecule has 2 aromatic carbocycles. The van der Waals surface area contributed by atoms with Crippen molar-refractivity contribution < 1.29 is 13.4 Å². The van der Waals surface area contributed by atoms with Crippen LogP contribution in [0, 0.1) is 5.82 Å². The van der Waals surface area contributed by atoms with Crippen LogP contribution in [-0.4, -0.2) is 48.5 Å². The molecular weight excluding hydrogens is 411 g/mol. The van der Waals surface area contributed by atoms with E-state index in [1.54, 1.807) is 17.2 Å². The van der Waals surface area contributed by atoms with Gasteiger partial charge in [-0.25, -0.2) is 4.39 Å². The molecule has 164 valence electrons. The number of allylic oxidation sites excluding steroid dienone is 2. The summed E-state index contributed by atoms with van der Waals surface area (Å²) in [5.41, 5.74) is 5.53. The molecule has 0 heterocycles. The van der Waals surface area contributed by atoms with Crippen molar-refractivity contribution in [2.45, 2.75) is 24.7 Å². The van der Waals surface area contributed by atoms with E-state index in [9.17, 15) is 13.4 Å². The van der Waals surface area contributed by atoms with Gasteiger partial charge in [0.25, 0.3) is 0 Å². The molecule has 0 spiro atoms. The Hall–Kier alpha value is -2.57. The number of amides is 1. The van der Waals surface area contributed by atoms with Crippen LogP contribution in [0.25, 0.3) is 17.2 Å². The maximum Gasteiger partial charge on any atom is 0.226 e. The van der Waals surface area contributed by atoms with E-state index in [4.69, 9.17) is 0 Å². The lowest BCUT2D eigenvalue weighted by Crippen LogP contribution is -2.29. The van der Waals surface area contributed by atoms with Gasteiger partial charge in [-0.2, -0.15) is 0 Å². The fraction of sp³-hybridized carbons (Fsp3) is 0.320. The minimum Gasteiger partial charge on any atom is -0.345 e. The molecule has 2 aromatic rings. The Kier molecular flexibility index (Phi) is 7.57. The number of carbonyl (C=O) groups excluding carboxylic acids is 1. The Morgan fingerprint density at radius 1 is 1.16 bits per heavy atom. The van der Waals surface area contributed by atoms with Crippen LogP contribution in [-0.2, 0) is 15.6 Å². The monoisotopic (exact) mass is 440 g/mol. The first kappa shape index (κ1) is 23.1. The molecule has 0 saturated heterocycles. The molecule has 4 nitrogen and oxygen atoms in total. The Balaban J connectivity index is 1.93. The van der Waals surface area contributed by atoms with Crippen LogP contribution in [0.5, 0.6) is 0 Å². The highest BCUT2D eigenvalue weighted by Crippen LogP contribution is 2.44. The zero-order valence-electron chi connectivity index (χ0n) is 18.5. The molecule has 1 aliphatic rings. The minimum atomic E-state index is -1.03. The number of carbonyl (C=O) groups is 1. The maximum atomic E-state index is 14.1. The van der Waals surface area contributed by atoms with E-state index in [1.807, 2.05) is 51.4 Å². The third-order valence-corrected chi connectivity index (χ3v) is 6.59. The second-order valence-electron chi connectivity index (χ2n) is 7.82. The number of halogens is 1. The highest BCUT2D eigenvalue weighted by Gasteiger charge is 2.26. The van der Waals surface area contributed by atoms with Crippen molar-refractivity contribution >= 4 is 33.9 Å². The van der Waals surface area contributed by atoms with Crippen molar-refractivity contribution in [2.24, 2.45) is 0 Å². The average molecular weight is 441 g/mol. The average Bonchev–Trinajstić information content (AvgIpc) is 2.99. The summed E-state index contributed by atoms with van der Waals surface area (Å²) in [7, 11) is 2.68. The molecule has 31 heavy (non-hydrogen) atoms. The van der Waals surface area contributed by atoms with E-state index < -0.39 is 10.8 Å². The lowest BCUT2D eigenvalue weighted by Gasteiger charge is -2.18. The Bertz CT molecular complexity index is 1060. The molecule has 1 N–H and O–H groups in total. The molecule has 0 aromatic heterocycles. The molecule has 0 radical (unpaired) electrons. The molecular formula is C25H29FN2O2S. The summed E-state index contributed by atoms with van der Waals surface area (Å²) in [6.07, 6.45) is 4.82. The predicted molar refractivity (Wildman–Crippen MR) is 126 cm³/mol. The van der Waals surface area contributed by atoms with Gasteiger partial charge in [-0.05, 0) is 90.7 Å². The number of nitrogens with one attached hydrogen (secondary N) is 1. The Morgan fingerprint density at radius 3 is 2.52 bits per heavy atom. The van der Waals surface area contributed by atoms with Crippen molar-refractivity contribution in [3.63, 3.8) is 0 Å². The molecule has 0 saturated carbocycles. The van der Waals surface area contributed by atoms with E-state index in [0.717, 1.165) is 51.3 Å². The number of hydrogen-bond donors (Lipinski definition) is 1. The van der Waals surface area contributed by atoms with Gasteiger partial charge in [0.2, 0.25) is 5.91 Å². The van der Waals surface area contributed by atoms with Gasteiger partial charge >= 0.3 is 0 Å². The topological polar surface area (TPSA) is 49.4 Å². The van der Waals surface area contributed by atoms with E-state index in [2.05, 4.69) is 5.32 Å². The maximum absolute atomic E-state index is 14.1. The summed E-state index contributed by atoms with van der Waals surface area (Å²) < 4.78 is 25.7. The molecule has 0 aliphatic heterocycles. The number of nitrogens with zero attached hydrogens (tertiary/aromatic N) is 1. The first-order valence-corrected chi connectivity index (χ1v) is 11.9. The van der Waals surface area contributed by atoms with Gasteiger partial charge in [-0.15, -0.1) is 0 Å². The summed E-state index contributed by atoms with van der Waals surface area (Å²) in [5.74, 6) is -0.286. The van der Waals surface area contributed by atoms with Crippen LogP contribution in [0.4, 0.5) is 4.39 Å². The molecule has 1 aliphatic carbocycles. The third kappa shape index (κ3) is 5.38. The van der Waals surface area contributed by atoms with Gasteiger partial charge in [0, 0.05) is 35.5 Å². The van der Waals surface area contributed by atoms with Crippen LogP contribution < -0.4 is 5.32 Å². The van der Waals surface area contributed by atoms with Crippen molar-refractivity contribution in [3.05, 3.63) is 70.5 Å². The lowest BCUT2D eigenvalue weighted by atomic mass is 10.0. The molecule has 1 atom stereocenters. The number of fused-ring (bicyclic) bond motifs is 1. The second kappa shape index (κ2) is 10.2. The number of benzene rings is 2. The van der Waals surface area contributed by atoms with E-state index >= 15 is 0 Å². The predicted octanol–water partition coefficient (Wildman–Crippen LogP) is 4.35. The Labute approximate surface area is 186 Å². The molecule has 0 fully saturated rings. The van der Waals surface area contributed by atoms with Crippen molar-refractivity contribution in [1.29, 1.82) is 0 Å². The van der Waals surface area contributed by atoms with E-state index in [1.165, 1.54) is 12.1 Å². The second-order valence-corrected chi connectivity index (χ2v) is 9.20. The summed E-state index contributed by atoms with van der Waals surface area (Å²) in [6.45, 7) is 3.52. The lowest BCUT2D eigenvalue weighted by molar-refractivity contribution is -0.128. The van der Waals surface area contributed by atoms with Gasteiger partial charge in [-0.3, -0.25) is 9.00 Å². The van der Waals surface area contributed by atoms with Gasteiger partial charge in [0.05, 0.1) is 6.42 Å². The fourth-order valence-electron chi connectivity index (χ4n) is 3.81. The van der Waals surface area contributed by atoms with Crippen LogP contribution >= 0.6 is 0 Å². The van der Waals surface area contributed by atoms with Crippen LogP contribution in [0.2, 0.25) is 0 Å². The molecule has 3 rings (SSSR count). The van der Waals surface area contributed by atoms with Gasteiger partial charge < -0.3 is 10.2 Å². The summed E-state index contributed by atoms with van der Waals surface area (Å²) in [4.78, 5) is 15.3. The molecule has 0 bridgehead atoms. The first-order chi connectivity index (χ1) is 14.8. The third-order valence-electron chi connectivity index (χ3n) is 5.65. The van der Waals surface area contributed by atoms with Crippen LogP contribution in [0.15, 0.2) is 52.9 Å². The number of rotatable bonds is 8. The Morgan fingerprint density at radius 2 is 1.87 bits per heavy atom. The SMILES string of the molecule is CNCCCN(C)C(=O)CC1=C(C)/C(=C/c2ccc(S(C)=O)cc2)c2ccc(F)cc21. The van der Waals surface area contributed by atoms with Gasteiger partial charge in [0.1, 0.15) is 5.82 Å². The summed E-state index contributed by atoms with van der Waals surface area (Å²) >= 11 is 0. The van der Waals surface area contributed by atoms with E-state index in [0.29, 0.717) is 6.54 Å². The first-order valence-electron chi connectivity index (χ1n) is 10.4. The molecule has 1 unspecified atom stereocenters. The normalized spacial score (nSPS) is 15.3. The summed E-state index contributed by atoms with van der Waals surface area (Å²) in [6, 6.07) is 12.3. The van der Waals surface area contributed by atoms with Gasteiger partial charge in [0.15, 0.2) is 0 Å². The largest absolute Gasteiger partial charge is 0.345 e. The smallest absolute Gasteiger partial charge is 0.226 e. The van der Waals surface area contributed by atoms with Gasteiger partial charge in [-0.1, -0.05) is 18.2 Å². The zero-order valence-corrected chi connectivity index (χ0v) is 19.3. The standard InChI is InChI=1S/C25H29FN2O2S/c1-17-22(14-18-6-9-20(10-7-18)31(4)30)21-11-8-19(26)15-24(21)23(17)16-25(29)28(3)13-5-12-27-2/h6-11,14-15,27H,5,12-13,16H2,1-4H3/b22-14-. The van der Waals surface area contributed by atoms with Crippen molar-refractivity contribution in [1.82, 2.24) is 10.2 Å². The fourth-order valence-corrected chi connectivity index (χ4v) is 4.33. The molecule has 1 amide bonds. The van der Waals surface area contributed by atoms with Crippen molar-refractivity contribution in [2.75, 3.05) is 33.4 Å². The number of hydrogen-bond acceptors (Lipinski definition) is 3. The highest BCUT2D eigenvalue weighted by molar-refractivity contribution is 7.84. The molecule has 6 heteroatoms. The van der Waals surface area contributed by atoms with Crippen LogP contribution in [0.3, 0.4) is 0 Å². The van der Waals surface area contributed by atoms with Crippen molar-refractivity contribution in [3.8, 4) is 0 Å².